The molecule has 2 N–H and O–H groups in total. The average molecular weight is 418 g/mol. The largest absolute Gasteiger partial charge is 0.382 e. The Labute approximate surface area is 178 Å². The molecule has 10 nitrogen and oxygen atoms in total. The van der Waals surface area contributed by atoms with Gasteiger partial charge in [-0.25, -0.2) is 14.5 Å². The van der Waals surface area contributed by atoms with Crippen LogP contribution in [0.5, 0.6) is 0 Å². The zero-order valence-corrected chi connectivity index (χ0v) is 17.7. The molecule has 0 saturated carbocycles. The van der Waals surface area contributed by atoms with Crippen LogP contribution >= 0.6 is 0 Å². The van der Waals surface area contributed by atoms with Gasteiger partial charge in [-0.1, -0.05) is 6.07 Å². The minimum atomic E-state index is -0.993. The highest BCUT2D eigenvalue weighted by Crippen LogP contribution is 2.32. The molecular formula is C21H22N8O2. The topological polar surface area (TPSA) is 134 Å². The van der Waals surface area contributed by atoms with E-state index in [0.29, 0.717) is 34.8 Å². The highest BCUT2D eigenvalue weighted by Gasteiger charge is 2.47. The molecule has 2 amide bonds. The molecule has 0 radical (unpaired) electrons. The Balaban J connectivity index is 1.81. The molecule has 1 aliphatic heterocycles. The number of anilines is 2. The molecule has 10 heteroatoms. The van der Waals surface area contributed by atoms with Crippen LogP contribution in [0.15, 0.2) is 30.6 Å². The summed E-state index contributed by atoms with van der Waals surface area (Å²) in [5, 5.41) is 13.7. The number of hydrogen-bond donors (Lipinski definition) is 1. The van der Waals surface area contributed by atoms with Crippen LogP contribution in [-0.4, -0.2) is 54.4 Å². The van der Waals surface area contributed by atoms with Gasteiger partial charge in [-0.15, -0.1) is 0 Å². The summed E-state index contributed by atoms with van der Waals surface area (Å²) in [6.07, 6.45) is 1.31. The van der Waals surface area contributed by atoms with Crippen LogP contribution < -0.4 is 10.6 Å². The lowest BCUT2D eigenvalue weighted by molar-refractivity contribution is -0.146. The van der Waals surface area contributed by atoms with Gasteiger partial charge in [-0.3, -0.25) is 14.5 Å². The second kappa shape index (κ2) is 7.05. The van der Waals surface area contributed by atoms with Crippen LogP contribution in [0.1, 0.15) is 33.3 Å². The highest BCUT2D eigenvalue weighted by atomic mass is 16.2. The van der Waals surface area contributed by atoms with E-state index in [-0.39, 0.29) is 23.7 Å². The Morgan fingerprint density at radius 2 is 2.10 bits per heavy atom. The van der Waals surface area contributed by atoms with E-state index in [0.717, 1.165) is 0 Å². The van der Waals surface area contributed by atoms with Crippen LogP contribution in [-0.2, 0) is 9.59 Å². The molecule has 31 heavy (non-hydrogen) atoms. The van der Waals surface area contributed by atoms with Gasteiger partial charge in [0.1, 0.15) is 29.3 Å². The van der Waals surface area contributed by atoms with Gasteiger partial charge in [-0.2, -0.15) is 10.4 Å². The number of nitrogens with zero attached hydrogens (tertiary/aromatic N) is 7. The van der Waals surface area contributed by atoms with Crippen LogP contribution in [0.3, 0.4) is 0 Å². The maximum absolute atomic E-state index is 13.3. The number of nitriles is 1. The summed E-state index contributed by atoms with van der Waals surface area (Å²) in [6, 6.07) is 8.81. The van der Waals surface area contributed by atoms with E-state index in [1.165, 1.54) is 17.8 Å². The van der Waals surface area contributed by atoms with Crippen molar-refractivity contribution in [3.63, 3.8) is 0 Å². The predicted octanol–water partition coefficient (Wildman–Crippen LogP) is 1.61. The number of rotatable bonds is 2. The lowest BCUT2D eigenvalue weighted by atomic mass is 9.94. The highest BCUT2D eigenvalue weighted by molar-refractivity contribution is 6.02. The zero-order valence-electron chi connectivity index (χ0n) is 17.7. The van der Waals surface area contributed by atoms with Crippen molar-refractivity contribution >= 4 is 29.0 Å². The summed E-state index contributed by atoms with van der Waals surface area (Å²) in [4.78, 5) is 37.3. The van der Waals surface area contributed by atoms with Crippen LogP contribution in [0.25, 0.3) is 16.9 Å². The molecule has 3 aromatic heterocycles. The first-order valence-electron chi connectivity index (χ1n) is 9.78. The molecule has 0 aliphatic carbocycles. The van der Waals surface area contributed by atoms with Crippen LogP contribution in [0.2, 0.25) is 0 Å². The number of nitrogens with two attached hydrogens (primary N) is 1. The molecule has 0 bridgehead atoms. The molecule has 1 saturated heterocycles. The fraction of sp³-hybridized carbons (Fsp3) is 0.333. The predicted molar refractivity (Wildman–Crippen MR) is 114 cm³/mol. The number of amides is 2. The van der Waals surface area contributed by atoms with E-state index in [9.17, 15) is 14.9 Å². The maximum Gasteiger partial charge on any atom is 0.253 e. The van der Waals surface area contributed by atoms with Crippen LogP contribution in [0.4, 0.5) is 11.6 Å². The molecule has 4 heterocycles. The van der Waals surface area contributed by atoms with Gasteiger partial charge in [0.25, 0.3) is 5.91 Å². The van der Waals surface area contributed by atoms with Gasteiger partial charge < -0.3 is 10.6 Å². The molecule has 1 atom stereocenters. The van der Waals surface area contributed by atoms with Crippen molar-refractivity contribution in [3.05, 3.63) is 36.2 Å². The third kappa shape index (κ3) is 3.06. The molecule has 0 aromatic carbocycles. The van der Waals surface area contributed by atoms with Gasteiger partial charge >= 0.3 is 0 Å². The fourth-order valence-electron chi connectivity index (χ4n) is 4.07. The van der Waals surface area contributed by atoms with Gasteiger partial charge in [0, 0.05) is 13.5 Å². The number of aromatic nitrogens is 4. The number of carbonyl (C=O) groups excluding carboxylic acids is 2. The molecule has 158 valence electrons. The second-order valence-electron chi connectivity index (χ2n) is 8.05. The Morgan fingerprint density at radius 1 is 1.35 bits per heavy atom. The first-order valence-corrected chi connectivity index (χ1v) is 9.78. The van der Waals surface area contributed by atoms with Crippen molar-refractivity contribution in [3.8, 4) is 17.5 Å². The second-order valence-corrected chi connectivity index (χ2v) is 8.05. The Kier molecular flexibility index (Phi) is 4.61. The Bertz CT molecular complexity index is 1260. The summed E-state index contributed by atoms with van der Waals surface area (Å²) >= 11 is 0. The van der Waals surface area contributed by atoms with Gasteiger partial charge in [-0.05, 0) is 39.0 Å². The smallest absolute Gasteiger partial charge is 0.253 e. The normalized spacial score (nSPS) is 18.3. The minimum absolute atomic E-state index is 0.146. The summed E-state index contributed by atoms with van der Waals surface area (Å²) in [7, 11) is 0. The number of pyridine rings is 1. The minimum Gasteiger partial charge on any atom is -0.382 e. The first-order chi connectivity index (χ1) is 14.7. The third-order valence-electron chi connectivity index (χ3n) is 5.63. The van der Waals surface area contributed by atoms with Gasteiger partial charge in [0.15, 0.2) is 5.82 Å². The Morgan fingerprint density at radius 3 is 2.77 bits per heavy atom. The Hall–Kier alpha value is -4.00. The van der Waals surface area contributed by atoms with Crippen molar-refractivity contribution in [1.29, 1.82) is 5.26 Å². The van der Waals surface area contributed by atoms with E-state index >= 15 is 0 Å². The van der Waals surface area contributed by atoms with E-state index in [2.05, 4.69) is 16.2 Å². The van der Waals surface area contributed by atoms with Gasteiger partial charge in [0.2, 0.25) is 5.91 Å². The molecule has 3 aromatic rings. The van der Waals surface area contributed by atoms with Gasteiger partial charge in [0.05, 0.1) is 23.0 Å². The summed E-state index contributed by atoms with van der Waals surface area (Å²) in [5.74, 6) is 0.296. The molecule has 1 fully saturated rings. The maximum atomic E-state index is 13.3. The molecule has 4 rings (SSSR count). The number of carbonyl (C=O) groups is 2. The van der Waals surface area contributed by atoms with Crippen molar-refractivity contribution in [2.24, 2.45) is 0 Å². The van der Waals surface area contributed by atoms with Crippen molar-refractivity contribution in [2.75, 3.05) is 17.2 Å². The van der Waals surface area contributed by atoms with Crippen molar-refractivity contribution < 1.29 is 9.59 Å². The SMILES string of the molecule is CC(=O)N1C[C@H](C)N(c2cccc(-c3cc(C#N)c4c(N)ncnn34)n2)C(=O)C1(C)C. The molecule has 1 aliphatic rings. The monoisotopic (exact) mass is 418 g/mol. The number of nitrogen functional groups attached to an aromatic ring is 1. The number of piperazine rings is 1. The standard InChI is InChI=1S/C21H22N8O2/c1-12-10-27(13(2)30)21(3,4)20(31)28(12)17-7-5-6-15(26-17)16-8-14(9-22)18-19(23)24-11-25-29(16)18/h5-8,11-12H,10H2,1-4H3,(H2,23,24,25)/t12-/m0/s1. The zero-order chi connectivity index (χ0) is 22.5. The molecular weight excluding hydrogens is 396 g/mol. The van der Waals surface area contributed by atoms with Crippen LogP contribution in [0, 0.1) is 11.3 Å². The number of fused-ring (bicyclic) bond motifs is 1. The summed E-state index contributed by atoms with van der Waals surface area (Å²) in [5.41, 5.74) is 6.78. The quantitative estimate of drug-likeness (QED) is 0.668. The van der Waals surface area contributed by atoms with E-state index in [1.807, 2.05) is 6.92 Å². The van der Waals surface area contributed by atoms with E-state index < -0.39 is 5.54 Å². The van der Waals surface area contributed by atoms with Crippen molar-refractivity contribution in [2.45, 2.75) is 39.3 Å². The summed E-state index contributed by atoms with van der Waals surface area (Å²) in [6.45, 7) is 7.22. The number of hydrogen-bond acceptors (Lipinski definition) is 7. The lowest BCUT2D eigenvalue weighted by Crippen LogP contribution is -2.67. The average Bonchev–Trinajstić information content (AvgIpc) is 3.11. The first kappa shape index (κ1) is 20.3. The molecule has 0 spiro atoms. The van der Waals surface area contributed by atoms with Crippen molar-refractivity contribution in [1.82, 2.24) is 24.5 Å². The fourth-order valence-corrected chi connectivity index (χ4v) is 4.07. The molecule has 0 unspecified atom stereocenters. The third-order valence-corrected chi connectivity index (χ3v) is 5.63. The van der Waals surface area contributed by atoms with E-state index in [4.69, 9.17) is 10.7 Å². The lowest BCUT2D eigenvalue weighted by Gasteiger charge is -2.48. The van der Waals surface area contributed by atoms with E-state index in [1.54, 1.807) is 47.9 Å². The summed E-state index contributed by atoms with van der Waals surface area (Å²) < 4.78 is 1.52.